The summed E-state index contributed by atoms with van der Waals surface area (Å²) in [7, 11) is 0. The zero-order valence-corrected chi connectivity index (χ0v) is 10.3. The Morgan fingerprint density at radius 2 is 2.24 bits per heavy atom. The molecule has 0 spiro atoms. The van der Waals surface area contributed by atoms with Crippen LogP contribution in [-0.4, -0.2) is 52.6 Å². The molecule has 2 rings (SSSR count). The van der Waals surface area contributed by atoms with Crippen LogP contribution >= 0.6 is 0 Å². The van der Waals surface area contributed by atoms with Crippen LogP contribution < -0.4 is 5.32 Å². The Morgan fingerprint density at radius 1 is 1.41 bits per heavy atom. The van der Waals surface area contributed by atoms with Crippen LogP contribution in [0.5, 0.6) is 0 Å². The van der Waals surface area contributed by atoms with Gasteiger partial charge in [-0.1, -0.05) is 18.1 Å². The molecule has 92 valence electrons. The first kappa shape index (κ1) is 12.1. The second-order valence-electron chi connectivity index (χ2n) is 4.17. The van der Waals surface area contributed by atoms with Gasteiger partial charge in [-0.2, -0.15) is 0 Å². The molecule has 0 atom stereocenters. The van der Waals surface area contributed by atoms with Gasteiger partial charge in [0, 0.05) is 32.7 Å². The van der Waals surface area contributed by atoms with Crippen LogP contribution in [0.1, 0.15) is 19.0 Å². The minimum atomic E-state index is 0.832. The monoisotopic (exact) mass is 233 g/mol. The first-order valence-electron chi connectivity index (χ1n) is 6.20. The first-order valence-corrected chi connectivity index (χ1v) is 6.20. The molecule has 1 fully saturated rings. The molecule has 1 aliphatic rings. The van der Waals surface area contributed by atoms with E-state index in [0.29, 0.717) is 0 Å². The highest BCUT2D eigenvalue weighted by molar-refractivity contribution is 5.25. The summed E-state index contributed by atoms with van der Waals surface area (Å²) in [6, 6.07) is 0. The van der Waals surface area contributed by atoms with E-state index in [2.05, 4.69) is 39.3 Å². The molecule has 0 unspecified atom stereocenters. The van der Waals surface area contributed by atoms with Crippen molar-refractivity contribution in [1.29, 1.82) is 0 Å². The highest BCUT2D eigenvalue weighted by Gasteiger charge is 2.06. The van der Waals surface area contributed by atoms with Gasteiger partial charge in [-0.3, -0.25) is 4.90 Å². The fraction of sp³-hybridized carbons (Fsp3) is 0.667. The molecule has 0 amide bonds. The minimum absolute atomic E-state index is 0.832. The molecular formula is C12H19N5. The van der Waals surface area contributed by atoms with Crippen LogP contribution in [0, 0.1) is 11.8 Å². The van der Waals surface area contributed by atoms with Crippen molar-refractivity contribution in [2.24, 2.45) is 0 Å². The van der Waals surface area contributed by atoms with Gasteiger partial charge >= 0.3 is 0 Å². The summed E-state index contributed by atoms with van der Waals surface area (Å²) in [5.41, 5.74) is 0.919. The third-order valence-electron chi connectivity index (χ3n) is 2.78. The predicted octanol–water partition coefficient (Wildman–Crippen LogP) is -0.0552. The summed E-state index contributed by atoms with van der Waals surface area (Å²) >= 11 is 0. The van der Waals surface area contributed by atoms with E-state index in [9.17, 15) is 0 Å². The summed E-state index contributed by atoms with van der Waals surface area (Å²) in [6.07, 6.45) is 2.79. The minimum Gasteiger partial charge on any atom is -0.314 e. The smallest absolute Gasteiger partial charge is 0.131 e. The number of aromatic nitrogens is 3. The molecule has 2 heterocycles. The van der Waals surface area contributed by atoms with E-state index in [0.717, 1.165) is 51.4 Å². The van der Waals surface area contributed by atoms with E-state index in [1.807, 2.05) is 4.68 Å². The Hall–Kier alpha value is -1.38. The van der Waals surface area contributed by atoms with E-state index >= 15 is 0 Å². The van der Waals surface area contributed by atoms with Crippen molar-refractivity contribution in [2.45, 2.75) is 19.9 Å². The quantitative estimate of drug-likeness (QED) is 0.743. The molecule has 1 aromatic rings. The Morgan fingerprint density at radius 3 is 3.00 bits per heavy atom. The van der Waals surface area contributed by atoms with E-state index in [-0.39, 0.29) is 0 Å². The highest BCUT2D eigenvalue weighted by atomic mass is 15.4. The second kappa shape index (κ2) is 6.38. The molecule has 1 aliphatic heterocycles. The van der Waals surface area contributed by atoms with Crippen molar-refractivity contribution in [3.05, 3.63) is 11.9 Å². The fourth-order valence-electron chi connectivity index (χ4n) is 1.84. The molecule has 5 nitrogen and oxygen atoms in total. The van der Waals surface area contributed by atoms with Crippen LogP contribution in [-0.2, 0) is 6.54 Å². The maximum atomic E-state index is 4.01. The van der Waals surface area contributed by atoms with Crippen LogP contribution in [0.15, 0.2) is 6.20 Å². The maximum Gasteiger partial charge on any atom is 0.131 e. The number of nitrogens with one attached hydrogen (secondary N) is 1. The molecule has 17 heavy (non-hydrogen) atoms. The molecule has 1 aromatic heterocycles. The van der Waals surface area contributed by atoms with Crippen molar-refractivity contribution >= 4 is 0 Å². The lowest BCUT2D eigenvalue weighted by Crippen LogP contribution is -2.43. The molecular weight excluding hydrogens is 214 g/mol. The summed E-state index contributed by atoms with van der Waals surface area (Å²) in [6.45, 7) is 8.15. The van der Waals surface area contributed by atoms with E-state index in [1.165, 1.54) is 0 Å². The maximum absolute atomic E-state index is 4.01. The Balaban J connectivity index is 1.88. The van der Waals surface area contributed by atoms with Crippen LogP contribution in [0.4, 0.5) is 0 Å². The molecule has 1 N–H and O–H groups in total. The van der Waals surface area contributed by atoms with Crippen LogP contribution in [0.25, 0.3) is 0 Å². The normalized spacial score (nSPS) is 16.5. The average Bonchev–Trinajstić information content (AvgIpc) is 2.79. The van der Waals surface area contributed by atoms with Gasteiger partial charge in [0.05, 0.1) is 12.7 Å². The van der Waals surface area contributed by atoms with E-state index < -0.39 is 0 Å². The van der Waals surface area contributed by atoms with Gasteiger partial charge < -0.3 is 5.32 Å². The topological polar surface area (TPSA) is 46.0 Å². The molecule has 0 aromatic carbocycles. The molecule has 1 saturated heterocycles. The number of piperazine rings is 1. The molecule has 0 radical (unpaired) electrons. The third kappa shape index (κ3) is 3.55. The zero-order valence-electron chi connectivity index (χ0n) is 10.3. The number of rotatable bonds is 3. The molecule has 0 saturated carbocycles. The zero-order chi connectivity index (χ0) is 11.9. The van der Waals surface area contributed by atoms with Crippen molar-refractivity contribution in [3.63, 3.8) is 0 Å². The Bertz CT molecular complexity index is 395. The number of aryl methyl sites for hydroxylation is 1. The lowest BCUT2D eigenvalue weighted by molar-refractivity contribution is 0.268. The average molecular weight is 233 g/mol. The van der Waals surface area contributed by atoms with Gasteiger partial charge in [-0.25, -0.2) is 4.68 Å². The van der Waals surface area contributed by atoms with Gasteiger partial charge in [0.15, 0.2) is 0 Å². The lowest BCUT2D eigenvalue weighted by Gasteiger charge is -2.24. The number of nitrogens with zero attached hydrogens (tertiary/aromatic N) is 4. The predicted molar refractivity (Wildman–Crippen MR) is 66.5 cm³/mol. The highest BCUT2D eigenvalue weighted by Crippen LogP contribution is 1.96. The van der Waals surface area contributed by atoms with Gasteiger partial charge in [0.25, 0.3) is 0 Å². The van der Waals surface area contributed by atoms with Gasteiger partial charge in [-0.05, 0) is 12.3 Å². The lowest BCUT2D eigenvalue weighted by atomic mass is 10.3. The van der Waals surface area contributed by atoms with Crippen molar-refractivity contribution in [1.82, 2.24) is 25.2 Å². The van der Waals surface area contributed by atoms with Gasteiger partial charge in [-0.15, -0.1) is 5.10 Å². The van der Waals surface area contributed by atoms with Crippen LogP contribution in [0.3, 0.4) is 0 Å². The third-order valence-corrected chi connectivity index (χ3v) is 2.78. The fourth-order valence-corrected chi connectivity index (χ4v) is 1.84. The second-order valence-corrected chi connectivity index (χ2v) is 4.17. The van der Waals surface area contributed by atoms with Crippen molar-refractivity contribution in [2.75, 3.05) is 32.7 Å². The standard InChI is InChI=1S/C12H19N5/c1-2-7-17-12(11-14-15-17)4-3-8-16-9-5-13-6-10-16/h11,13H,2,5-10H2,1H3. The van der Waals surface area contributed by atoms with Crippen molar-refractivity contribution in [3.8, 4) is 11.8 Å². The van der Waals surface area contributed by atoms with Crippen molar-refractivity contribution < 1.29 is 0 Å². The first-order chi connectivity index (χ1) is 8.40. The van der Waals surface area contributed by atoms with Crippen LogP contribution in [0.2, 0.25) is 0 Å². The summed E-state index contributed by atoms with van der Waals surface area (Å²) in [5.74, 6) is 6.35. The Labute approximate surface area is 102 Å². The Kier molecular flexibility index (Phi) is 4.54. The summed E-state index contributed by atoms with van der Waals surface area (Å²) in [4.78, 5) is 2.36. The molecule has 0 bridgehead atoms. The SMILES string of the molecule is CCCn1nncc1C#CCN1CCNCC1. The van der Waals surface area contributed by atoms with Gasteiger partial charge in [0.1, 0.15) is 5.69 Å². The van der Waals surface area contributed by atoms with E-state index in [4.69, 9.17) is 0 Å². The molecule has 0 aliphatic carbocycles. The largest absolute Gasteiger partial charge is 0.314 e. The van der Waals surface area contributed by atoms with Gasteiger partial charge in [0.2, 0.25) is 0 Å². The van der Waals surface area contributed by atoms with E-state index in [1.54, 1.807) is 6.20 Å². The number of hydrogen-bond acceptors (Lipinski definition) is 4. The summed E-state index contributed by atoms with van der Waals surface area (Å²) in [5, 5.41) is 11.2. The number of hydrogen-bond donors (Lipinski definition) is 1. The summed E-state index contributed by atoms with van der Waals surface area (Å²) < 4.78 is 1.87. The molecule has 5 heteroatoms.